The summed E-state index contributed by atoms with van der Waals surface area (Å²) in [5.74, 6) is 0.430. The predicted octanol–water partition coefficient (Wildman–Crippen LogP) is 3.87. The van der Waals surface area contributed by atoms with E-state index in [1.54, 1.807) is 11.8 Å². The van der Waals surface area contributed by atoms with Crippen LogP contribution < -0.4 is 5.32 Å². The molecule has 5 heteroatoms. The van der Waals surface area contributed by atoms with Gasteiger partial charge in [0, 0.05) is 6.42 Å². The standard InChI is InChI=1S/C22H25NO3S/c24-20(23-22(21(25)26)11-13-27-14-12-22)16-19(18-9-5-2-6-10-18)15-17-7-3-1-4-8-17/h1-10,19H,11-16H2,(H,23,24)(H,25,26). The number of carbonyl (C=O) groups is 2. The maximum absolute atomic E-state index is 12.8. The van der Waals surface area contributed by atoms with Crippen molar-refractivity contribution in [3.63, 3.8) is 0 Å². The van der Waals surface area contributed by atoms with Gasteiger partial charge in [0.2, 0.25) is 5.91 Å². The van der Waals surface area contributed by atoms with Crippen LogP contribution in [0.15, 0.2) is 60.7 Å². The van der Waals surface area contributed by atoms with Gasteiger partial charge in [-0.3, -0.25) is 4.79 Å². The number of hydrogen-bond donors (Lipinski definition) is 2. The molecule has 3 rings (SSSR count). The van der Waals surface area contributed by atoms with E-state index in [1.807, 2.05) is 48.5 Å². The molecule has 2 aromatic rings. The summed E-state index contributed by atoms with van der Waals surface area (Å²) in [6.45, 7) is 0. The Labute approximate surface area is 164 Å². The van der Waals surface area contributed by atoms with Crippen molar-refractivity contribution in [3.05, 3.63) is 71.8 Å². The number of hydrogen-bond acceptors (Lipinski definition) is 3. The highest BCUT2D eigenvalue weighted by atomic mass is 32.2. The van der Waals surface area contributed by atoms with Gasteiger partial charge in [0.15, 0.2) is 0 Å². The molecule has 1 aliphatic heterocycles. The third-order valence-corrected chi connectivity index (χ3v) is 6.15. The van der Waals surface area contributed by atoms with E-state index in [0.29, 0.717) is 12.8 Å². The minimum atomic E-state index is -1.11. The van der Waals surface area contributed by atoms with Crippen molar-refractivity contribution in [2.24, 2.45) is 0 Å². The van der Waals surface area contributed by atoms with Crippen LogP contribution in [0.2, 0.25) is 0 Å². The molecule has 0 radical (unpaired) electrons. The molecule has 0 saturated carbocycles. The molecule has 0 spiro atoms. The van der Waals surface area contributed by atoms with E-state index >= 15 is 0 Å². The second-order valence-corrected chi connectivity index (χ2v) is 8.27. The maximum Gasteiger partial charge on any atom is 0.329 e. The van der Waals surface area contributed by atoms with E-state index in [0.717, 1.165) is 23.5 Å². The van der Waals surface area contributed by atoms with Gasteiger partial charge in [0.05, 0.1) is 0 Å². The SMILES string of the molecule is O=C(CC(Cc1ccccc1)c1ccccc1)NC1(C(=O)O)CCSCC1. The summed E-state index contributed by atoms with van der Waals surface area (Å²) in [5.41, 5.74) is 1.15. The number of carboxylic acid groups (broad SMARTS) is 1. The number of carboxylic acids is 1. The third-order valence-electron chi connectivity index (χ3n) is 5.16. The molecule has 0 aromatic heterocycles. The number of rotatable bonds is 7. The van der Waals surface area contributed by atoms with Crippen LogP contribution in [-0.2, 0) is 16.0 Å². The molecule has 1 fully saturated rings. The van der Waals surface area contributed by atoms with Crippen molar-refractivity contribution in [2.75, 3.05) is 11.5 Å². The molecule has 27 heavy (non-hydrogen) atoms. The molecule has 0 aliphatic carbocycles. The highest BCUT2D eigenvalue weighted by Crippen LogP contribution is 2.29. The Morgan fingerprint density at radius 2 is 1.59 bits per heavy atom. The molecule has 4 nitrogen and oxygen atoms in total. The second kappa shape index (κ2) is 9.09. The normalized spacial score (nSPS) is 17.0. The molecule has 1 unspecified atom stereocenters. The van der Waals surface area contributed by atoms with Gasteiger partial charge in [-0.05, 0) is 47.8 Å². The average Bonchev–Trinajstić information content (AvgIpc) is 2.69. The topological polar surface area (TPSA) is 66.4 Å². The first kappa shape index (κ1) is 19.5. The summed E-state index contributed by atoms with van der Waals surface area (Å²) in [6.07, 6.45) is 1.98. The Hall–Kier alpha value is -2.27. The molecule has 0 bridgehead atoms. The molecule has 1 amide bonds. The molecular formula is C22H25NO3S. The van der Waals surface area contributed by atoms with Crippen LogP contribution in [0.3, 0.4) is 0 Å². The fourth-order valence-corrected chi connectivity index (χ4v) is 4.78. The van der Waals surface area contributed by atoms with Crippen LogP contribution in [0, 0.1) is 0 Å². The van der Waals surface area contributed by atoms with Gasteiger partial charge in [0.1, 0.15) is 5.54 Å². The van der Waals surface area contributed by atoms with Gasteiger partial charge in [-0.2, -0.15) is 11.8 Å². The third kappa shape index (κ3) is 5.13. The molecule has 1 atom stereocenters. The summed E-state index contributed by atoms with van der Waals surface area (Å²) in [5, 5.41) is 12.6. The van der Waals surface area contributed by atoms with Crippen molar-refractivity contribution in [1.82, 2.24) is 5.32 Å². The highest BCUT2D eigenvalue weighted by Gasteiger charge is 2.41. The Bertz CT molecular complexity index is 758. The van der Waals surface area contributed by atoms with Crippen LogP contribution >= 0.6 is 11.8 Å². The molecular weight excluding hydrogens is 358 g/mol. The van der Waals surface area contributed by atoms with Gasteiger partial charge in [-0.1, -0.05) is 60.7 Å². The number of carbonyl (C=O) groups excluding carboxylic acids is 1. The lowest BCUT2D eigenvalue weighted by Gasteiger charge is -2.34. The van der Waals surface area contributed by atoms with Gasteiger partial charge in [-0.25, -0.2) is 4.79 Å². The lowest BCUT2D eigenvalue weighted by Crippen LogP contribution is -2.56. The Morgan fingerprint density at radius 3 is 2.19 bits per heavy atom. The number of amides is 1. The lowest BCUT2D eigenvalue weighted by atomic mass is 9.87. The molecule has 142 valence electrons. The monoisotopic (exact) mass is 383 g/mol. The first-order valence-electron chi connectivity index (χ1n) is 9.30. The van der Waals surface area contributed by atoms with Crippen molar-refractivity contribution < 1.29 is 14.7 Å². The summed E-state index contributed by atoms with van der Waals surface area (Å²) in [7, 11) is 0. The van der Waals surface area contributed by atoms with E-state index in [-0.39, 0.29) is 18.2 Å². The first-order valence-corrected chi connectivity index (χ1v) is 10.5. The van der Waals surface area contributed by atoms with E-state index < -0.39 is 11.5 Å². The molecule has 2 aromatic carbocycles. The number of nitrogens with one attached hydrogen (secondary N) is 1. The Balaban J connectivity index is 1.75. The molecule has 1 aliphatic rings. The largest absolute Gasteiger partial charge is 0.480 e. The van der Waals surface area contributed by atoms with Crippen LogP contribution in [0.25, 0.3) is 0 Å². The fourth-order valence-electron chi connectivity index (χ4n) is 3.59. The Morgan fingerprint density at radius 1 is 1.00 bits per heavy atom. The van der Waals surface area contributed by atoms with Gasteiger partial charge in [-0.15, -0.1) is 0 Å². The second-order valence-electron chi connectivity index (χ2n) is 7.05. The van der Waals surface area contributed by atoms with E-state index in [9.17, 15) is 14.7 Å². The summed E-state index contributed by atoms with van der Waals surface area (Å²) in [6, 6.07) is 20.1. The van der Waals surface area contributed by atoms with Gasteiger partial charge < -0.3 is 10.4 Å². The van der Waals surface area contributed by atoms with E-state index in [4.69, 9.17) is 0 Å². The minimum absolute atomic E-state index is 0.0115. The summed E-state index contributed by atoms with van der Waals surface area (Å²) < 4.78 is 0. The fraction of sp³-hybridized carbons (Fsp3) is 0.364. The summed E-state index contributed by atoms with van der Waals surface area (Å²) >= 11 is 1.74. The average molecular weight is 384 g/mol. The molecule has 2 N–H and O–H groups in total. The van der Waals surface area contributed by atoms with Crippen molar-refractivity contribution >= 4 is 23.6 Å². The maximum atomic E-state index is 12.8. The quantitative estimate of drug-likeness (QED) is 0.762. The molecule has 1 saturated heterocycles. The van der Waals surface area contributed by atoms with Crippen LogP contribution in [0.5, 0.6) is 0 Å². The minimum Gasteiger partial charge on any atom is -0.480 e. The van der Waals surface area contributed by atoms with Crippen molar-refractivity contribution in [3.8, 4) is 0 Å². The molecule has 1 heterocycles. The lowest BCUT2D eigenvalue weighted by molar-refractivity contribution is -0.148. The van der Waals surface area contributed by atoms with Gasteiger partial charge in [0.25, 0.3) is 0 Å². The smallest absolute Gasteiger partial charge is 0.329 e. The Kier molecular flexibility index (Phi) is 6.56. The summed E-state index contributed by atoms with van der Waals surface area (Å²) in [4.78, 5) is 24.6. The van der Waals surface area contributed by atoms with Crippen molar-refractivity contribution in [1.29, 1.82) is 0 Å². The van der Waals surface area contributed by atoms with Gasteiger partial charge >= 0.3 is 5.97 Å². The van der Waals surface area contributed by atoms with Crippen LogP contribution in [0.4, 0.5) is 0 Å². The van der Waals surface area contributed by atoms with E-state index in [1.165, 1.54) is 5.56 Å². The first-order chi connectivity index (χ1) is 13.1. The van der Waals surface area contributed by atoms with Crippen LogP contribution in [-0.4, -0.2) is 34.0 Å². The zero-order valence-corrected chi connectivity index (χ0v) is 16.1. The number of benzene rings is 2. The zero-order valence-electron chi connectivity index (χ0n) is 15.3. The van der Waals surface area contributed by atoms with Crippen LogP contribution in [0.1, 0.15) is 36.3 Å². The zero-order chi connectivity index (χ0) is 19.1. The number of thioether (sulfide) groups is 1. The number of aliphatic carboxylic acids is 1. The highest BCUT2D eigenvalue weighted by molar-refractivity contribution is 7.99. The van der Waals surface area contributed by atoms with E-state index in [2.05, 4.69) is 17.4 Å². The predicted molar refractivity (Wildman–Crippen MR) is 109 cm³/mol. The van der Waals surface area contributed by atoms with Crippen molar-refractivity contribution in [2.45, 2.75) is 37.1 Å².